The van der Waals surface area contributed by atoms with Gasteiger partial charge in [0.2, 0.25) is 11.8 Å². The first-order valence-corrected chi connectivity index (χ1v) is 8.57. The standard InChI is InChI=1S/C21H20N4O3/c22-14-6-11-19(18(23)12-14)25-21(27)13-20(26)24-15-7-9-17(10-8-15)28-16-4-2-1-3-5-16/h1-12H,13,22-23H2,(H,24,26)(H,25,27). The summed E-state index contributed by atoms with van der Waals surface area (Å²) in [5.41, 5.74) is 13.2. The number of para-hydroxylation sites is 1. The van der Waals surface area contributed by atoms with Gasteiger partial charge in [0.1, 0.15) is 17.9 Å². The van der Waals surface area contributed by atoms with Gasteiger partial charge in [-0.25, -0.2) is 0 Å². The van der Waals surface area contributed by atoms with Gasteiger partial charge < -0.3 is 26.8 Å². The molecule has 0 saturated carbocycles. The van der Waals surface area contributed by atoms with E-state index in [0.29, 0.717) is 28.5 Å². The van der Waals surface area contributed by atoms with E-state index in [9.17, 15) is 9.59 Å². The summed E-state index contributed by atoms with van der Waals surface area (Å²) in [5, 5.41) is 5.26. The van der Waals surface area contributed by atoms with Crippen molar-refractivity contribution in [1.82, 2.24) is 0 Å². The predicted octanol–water partition coefficient (Wildman–Crippen LogP) is 3.61. The molecular weight excluding hydrogens is 356 g/mol. The number of anilines is 4. The van der Waals surface area contributed by atoms with E-state index in [2.05, 4.69) is 10.6 Å². The van der Waals surface area contributed by atoms with Crippen LogP contribution in [-0.4, -0.2) is 11.8 Å². The molecule has 3 aromatic rings. The molecule has 2 amide bonds. The van der Waals surface area contributed by atoms with Crippen molar-refractivity contribution in [1.29, 1.82) is 0 Å². The molecule has 142 valence electrons. The average molecular weight is 376 g/mol. The topological polar surface area (TPSA) is 119 Å². The Balaban J connectivity index is 1.52. The highest BCUT2D eigenvalue weighted by molar-refractivity contribution is 6.08. The minimum Gasteiger partial charge on any atom is -0.457 e. The first-order valence-electron chi connectivity index (χ1n) is 8.57. The monoisotopic (exact) mass is 376 g/mol. The van der Waals surface area contributed by atoms with Crippen LogP contribution in [-0.2, 0) is 9.59 Å². The normalized spacial score (nSPS) is 10.1. The number of ether oxygens (including phenoxy) is 1. The van der Waals surface area contributed by atoms with Gasteiger partial charge in [-0.2, -0.15) is 0 Å². The Morgan fingerprint density at radius 1 is 0.786 bits per heavy atom. The number of hydrogen-bond donors (Lipinski definition) is 4. The van der Waals surface area contributed by atoms with Gasteiger partial charge in [0, 0.05) is 11.4 Å². The summed E-state index contributed by atoms with van der Waals surface area (Å²) in [6.45, 7) is 0. The van der Waals surface area contributed by atoms with Crippen molar-refractivity contribution in [3.05, 3.63) is 72.8 Å². The molecule has 7 heteroatoms. The van der Waals surface area contributed by atoms with E-state index in [4.69, 9.17) is 16.2 Å². The summed E-state index contributed by atoms with van der Waals surface area (Å²) in [6, 6.07) is 21.0. The quantitative estimate of drug-likeness (QED) is 0.387. The van der Waals surface area contributed by atoms with Gasteiger partial charge in [-0.1, -0.05) is 18.2 Å². The Morgan fingerprint density at radius 2 is 1.43 bits per heavy atom. The van der Waals surface area contributed by atoms with E-state index in [1.54, 1.807) is 36.4 Å². The van der Waals surface area contributed by atoms with Gasteiger partial charge in [-0.3, -0.25) is 9.59 Å². The molecule has 28 heavy (non-hydrogen) atoms. The van der Waals surface area contributed by atoms with Crippen molar-refractivity contribution in [2.24, 2.45) is 0 Å². The van der Waals surface area contributed by atoms with E-state index in [1.807, 2.05) is 30.3 Å². The molecule has 0 aliphatic carbocycles. The lowest BCUT2D eigenvalue weighted by Crippen LogP contribution is -2.21. The first kappa shape index (κ1) is 18.8. The zero-order valence-corrected chi connectivity index (χ0v) is 15.0. The molecule has 0 radical (unpaired) electrons. The van der Waals surface area contributed by atoms with Crippen LogP contribution in [0.1, 0.15) is 6.42 Å². The highest BCUT2D eigenvalue weighted by Crippen LogP contribution is 2.23. The molecule has 0 saturated heterocycles. The zero-order chi connectivity index (χ0) is 19.9. The fourth-order valence-corrected chi connectivity index (χ4v) is 2.47. The maximum Gasteiger partial charge on any atom is 0.233 e. The molecule has 0 aliphatic rings. The summed E-state index contributed by atoms with van der Waals surface area (Å²) in [7, 11) is 0. The molecule has 0 unspecified atom stereocenters. The number of nitrogens with two attached hydrogens (primary N) is 2. The van der Waals surface area contributed by atoms with Crippen LogP contribution in [0.2, 0.25) is 0 Å². The fourth-order valence-electron chi connectivity index (χ4n) is 2.47. The van der Waals surface area contributed by atoms with Crippen LogP contribution in [0.4, 0.5) is 22.7 Å². The third kappa shape index (κ3) is 5.25. The lowest BCUT2D eigenvalue weighted by molar-refractivity contribution is -0.123. The highest BCUT2D eigenvalue weighted by atomic mass is 16.5. The molecule has 0 fully saturated rings. The van der Waals surface area contributed by atoms with Gasteiger partial charge in [0.15, 0.2) is 0 Å². The summed E-state index contributed by atoms with van der Waals surface area (Å²) >= 11 is 0. The van der Waals surface area contributed by atoms with E-state index < -0.39 is 11.8 Å². The lowest BCUT2D eigenvalue weighted by Gasteiger charge is -2.10. The molecule has 0 aliphatic heterocycles. The van der Waals surface area contributed by atoms with E-state index in [0.717, 1.165) is 5.75 Å². The van der Waals surface area contributed by atoms with Crippen molar-refractivity contribution >= 4 is 34.6 Å². The van der Waals surface area contributed by atoms with Crippen molar-refractivity contribution in [2.75, 3.05) is 22.1 Å². The van der Waals surface area contributed by atoms with Gasteiger partial charge >= 0.3 is 0 Å². The van der Waals surface area contributed by atoms with Gasteiger partial charge in [-0.15, -0.1) is 0 Å². The smallest absolute Gasteiger partial charge is 0.233 e. The second kappa shape index (κ2) is 8.59. The van der Waals surface area contributed by atoms with E-state index in [1.165, 1.54) is 6.07 Å². The summed E-state index contributed by atoms with van der Waals surface area (Å²) in [4.78, 5) is 24.1. The van der Waals surface area contributed by atoms with Gasteiger partial charge in [0.25, 0.3) is 0 Å². The summed E-state index contributed by atoms with van der Waals surface area (Å²) in [5.74, 6) is 0.444. The predicted molar refractivity (Wildman–Crippen MR) is 110 cm³/mol. The molecule has 3 rings (SSSR count). The molecule has 0 bridgehead atoms. The number of hydrogen-bond acceptors (Lipinski definition) is 5. The third-order valence-corrected chi connectivity index (χ3v) is 3.79. The van der Waals surface area contributed by atoms with Gasteiger partial charge in [-0.05, 0) is 54.6 Å². The maximum atomic E-state index is 12.1. The maximum absolute atomic E-state index is 12.1. The Labute approximate surface area is 162 Å². The Morgan fingerprint density at radius 3 is 2.11 bits per heavy atom. The van der Waals surface area contributed by atoms with Crippen molar-refractivity contribution in [3.8, 4) is 11.5 Å². The Hall–Kier alpha value is -4.00. The number of carbonyl (C=O) groups excluding carboxylic acids is 2. The largest absolute Gasteiger partial charge is 0.457 e. The van der Waals surface area contributed by atoms with Crippen LogP contribution in [0.15, 0.2) is 72.8 Å². The third-order valence-electron chi connectivity index (χ3n) is 3.79. The number of nitrogen functional groups attached to an aromatic ring is 2. The number of amides is 2. The molecule has 0 spiro atoms. The SMILES string of the molecule is Nc1ccc(NC(=O)CC(=O)Nc2ccc(Oc3ccccc3)cc2)c(N)c1. The summed E-state index contributed by atoms with van der Waals surface area (Å²) in [6.07, 6.45) is -0.341. The second-order valence-corrected chi connectivity index (χ2v) is 6.06. The molecule has 0 heterocycles. The second-order valence-electron chi connectivity index (χ2n) is 6.06. The molecular formula is C21H20N4O3. The number of nitrogens with one attached hydrogen (secondary N) is 2. The number of carbonyl (C=O) groups is 2. The van der Waals surface area contributed by atoms with Crippen LogP contribution < -0.4 is 26.8 Å². The van der Waals surface area contributed by atoms with Crippen molar-refractivity contribution < 1.29 is 14.3 Å². The van der Waals surface area contributed by atoms with Crippen LogP contribution in [0.3, 0.4) is 0 Å². The van der Waals surface area contributed by atoms with Crippen LogP contribution in [0.5, 0.6) is 11.5 Å². The van der Waals surface area contributed by atoms with Crippen LogP contribution >= 0.6 is 0 Å². The van der Waals surface area contributed by atoms with Crippen LogP contribution in [0.25, 0.3) is 0 Å². The Kier molecular flexibility index (Phi) is 5.76. The van der Waals surface area contributed by atoms with E-state index in [-0.39, 0.29) is 6.42 Å². The molecule has 6 N–H and O–H groups in total. The average Bonchev–Trinajstić information content (AvgIpc) is 2.66. The number of rotatable bonds is 6. The fraction of sp³-hybridized carbons (Fsp3) is 0.0476. The molecule has 0 atom stereocenters. The number of benzene rings is 3. The van der Waals surface area contributed by atoms with Crippen LogP contribution in [0, 0.1) is 0 Å². The minimum absolute atomic E-state index is 0.336. The molecule has 7 nitrogen and oxygen atoms in total. The molecule has 3 aromatic carbocycles. The van der Waals surface area contributed by atoms with Gasteiger partial charge in [0.05, 0.1) is 11.4 Å². The van der Waals surface area contributed by atoms with E-state index >= 15 is 0 Å². The van der Waals surface area contributed by atoms with Crippen molar-refractivity contribution in [2.45, 2.75) is 6.42 Å². The zero-order valence-electron chi connectivity index (χ0n) is 15.0. The lowest BCUT2D eigenvalue weighted by atomic mass is 10.2. The Bertz CT molecular complexity index is 973. The first-order chi connectivity index (χ1) is 13.5. The highest BCUT2D eigenvalue weighted by Gasteiger charge is 2.11. The minimum atomic E-state index is -0.474. The van der Waals surface area contributed by atoms with Crippen molar-refractivity contribution in [3.63, 3.8) is 0 Å². The summed E-state index contributed by atoms with van der Waals surface area (Å²) < 4.78 is 5.69. The molecule has 0 aromatic heterocycles.